The van der Waals surface area contributed by atoms with E-state index in [9.17, 15) is 4.79 Å². The van der Waals surface area contributed by atoms with Gasteiger partial charge in [-0.25, -0.2) is 0 Å². The van der Waals surface area contributed by atoms with Gasteiger partial charge < -0.3 is 19.7 Å². The number of carbonyl (C=O) groups is 1. The molecule has 0 atom stereocenters. The molecular formula is C16H20N2O3. The highest BCUT2D eigenvalue weighted by molar-refractivity contribution is 5.92. The molecule has 1 aromatic carbocycles. The third kappa shape index (κ3) is 3.93. The highest BCUT2D eigenvalue weighted by Crippen LogP contribution is 2.10. The summed E-state index contributed by atoms with van der Waals surface area (Å²) in [4.78, 5) is 13.9. The summed E-state index contributed by atoms with van der Waals surface area (Å²) in [5.74, 6) is -0.181. The molecule has 0 aliphatic rings. The molecule has 5 nitrogen and oxygen atoms in total. The van der Waals surface area contributed by atoms with E-state index in [4.69, 9.17) is 10.2 Å². The lowest BCUT2D eigenvalue weighted by Gasteiger charge is -2.21. The van der Waals surface area contributed by atoms with Gasteiger partial charge in [-0.15, -0.1) is 0 Å². The zero-order valence-corrected chi connectivity index (χ0v) is 11.9. The van der Waals surface area contributed by atoms with Gasteiger partial charge in [0.2, 0.25) is 0 Å². The fourth-order valence-corrected chi connectivity index (χ4v) is 2.24. The lowest BCUT2D eigenvalue weighted by molar-refractivity contribution is 0.0674. The normalized spacial score (nSPS) is 10.6. The molecule has 2 N–H and O–H groups in total. The topological polar surface area (TPSA) is 65.7 Å². The van der Waals surface area contributed by atoms with E-state index >= 15 is 0 Å². The number of carbonyl (C=O) groups excluding carboxylic acids is 1. The van der Waals surface area contributed by atoms with Crippen molar-refractivity contribution in [2.24, 2.45) is 0 Å². The Morgan fingerprint density at radius 3 is 2.29 bits per heavy atom. The summed E-state index contributed by atoms with van der Waals surface area (Å²) in [7, 11) is 0. The average molecular weight is 288 g/mol. The van der Waals surface area contributed by atoms with Crippen molar-refractivity contribution in [2.45, 2.75) is 6.54 Å². The summed E-state index contributed by atoms with van der Waals surface area (Å²) < 4.78 is 1.87. The van der Waals surface area contributed by atoms with Gasteiger partial charge in [0.25, 0.3) is 5.91 Å². The van der Waals surface area contributed by atoms with Crippen molar-refractivity contribution < 1.29 is 15.0 Å². The van der Waals surface area contributed by atoms with E-state index in [-0.39, 0.29) is 32.2 Å². The minimum absolute atomic E-state index is 0.120. The fourth-order valence-electron chi connectivity index (χ4n) is 2.24. The lowest BCUT2D eigenvalue weighted by Crippen LogP contribution is -2.37. The molecule has 2 aromatic rings. The first-order valence-corrected chi connectivity index (χ1v) is 6.96. The summed E-state index contributed by atoms with van der Waals surface area (Å²) in [6, 6.07) is 13.5. The van der Waals surface area contributed by atoms with Crippen LogP contribution in [0.1, 0.15) is 16.1 Å². The quantitative estimate of drug-likeness (QED) is 0.797. The van der Waals surface area contributed by atoms with Gasteiger partial charge >= 0.3 is 0 Å². The van der Waals surface area contributed by atoms with Crippen LogP contribution in [0.15, 0.2) is 48.7 Å². The molecule has 0 spiro atoms. The highest BCUT2D eigenvalue weighted by atomic mass is 16.3. The van der Waals surface area contributed by atoms with Crippen molar-refractivity contribution in [3.05, 3.63) is 59.9 Å². The van der Waals surface area contributed by atoms with Crippen LogP contribution in [-0.2, 0) is 6.54 Å². The van der Waals surface area contributed by atoms with Gasteiger partial charge in [-0.05, 0) is 17.7 Å². The first-order valence-electron chi connectivity index (χ1n) is 6.96. The van der Waals surface area contributed by atoms with Crippen molar-refractivity contribution in [1.82, 2.24) is 9.47 Å². The second-order valence-electron chi connectivity index (χ2n) is 4.75. The molecule has 0 aliphatic carbocycles. The van der Waals surface area contributed by atoms with Gasteiger partial charge in [-0.1, -0.05) is 30.3 Å². The monoisotopic (exact) mass is 288 g/mol. The zero-order chi connectivity index (χ0) is 15.1. The molecule has 0 saturated carbocycles. The number of aliphatic hydroxyl groups is 2. The number of hydrogen-bond acceptors (Lipinski definition) is 3. The Bertz CT molecular complexity index is 560. The molecule has 0 unspecified atom stereocenters. The molecule has 0 aliphatic heterocycles. The predicted octanol–water partition coefficient (Wildman–Crippen LogP) is 0.963. The molecule has 0 bridgehead atoms. The maximum atomic E-state index is 12.5. The molecule has 0 fully saturated rings. The third-order valence-corrected chi connectivity index (χ3v) is 3.27. The lowest BCUT2D eigenvalue weighted by atomic mass is 10.2. The summed E-state index contributed by atoms with van der Waals surface area (Å²) in [6.45, 7) is 0.809. The Kier molecular flexibility index (Phi) is 5.54. The second kappa shape index (κ2) is 7.61. The van der Waals surface area contributed by atoms with Crippen molar-refractivity contribution in [3.63, 3.8) is 0 Å². The van der Waals surface area contributed by atoms with Crippen LogP contribution in [0, 0.1) is 0 Å². The van der Waals surface area contributed by atoms with E-state index in [1.54, 1.807) is 6.07 Å². The largest absolute Gasteiger partial charge is 0.395 e. The SMILES string of the molecule is O=C(c1cccn1Cc1ccccc1)N(CCO)CCO. The molecule has 21 heavy (non-hydrogen) atoms. The van der Waals surface area contributed by atoms with Crippen LogP contribution in [-0.4, -0.2) is 51.9 Å². The Morgan fingerprint density at radius 1 is 1.00 bits per heavy atom. The van der Waals surface area contributed by atoms with E-state index in [0.29, 0.717) is 12.2 Å². The van der Waals surface area contributed by atoms with Crippen LogP contribution in [0.5, 0.6) is 0 Å². The van der Waals surface area contributed by atoms with Crippen LogP contribution < -0.4 is 0 Å². The van der Waals surface area contributed by atoms with Gasteiger partial charge in [0.05, 0.1) is 13.2 Å². The van der Waals surface area contributed by atoms with Gasteiger partial charge in [0, 0.05) is 25.8 Å². The van der Waals surface area contributed by atoms with Crippen LogP contribution in [0.25, 0.3) is 0 Å². The van der Waals surface area contributed by atoms with Gasteiger partial charge in [-0.3, -0.25) is 4.79 Å². The number of amides is 1. The summed E-state index contributed by atoms with van der Waals surface area (Å²) in [5, 5.41) is 18.1. The minimum Gasteiger partial charge on any atom is -0.395 e. The molecule has 1 aromatic heterocycles. The van der Waals surface area contributed by atoms with Crippen LogP contribution >= 0.6 is 0 Å². The van der Waals surface area contributed by atoms with E-state index in [1.165, 1.54) is 4.90 Å². The van der Waals surface area contributed by atoms with E-state index in [1.807, 2.05) is 47.2 Å². The maximum absolute atomic E-state index is 12.5. The first-order chi connectivity index (χ1) is 10.3. The highest BCUT2D eigenvalue weighted by Gasteiger charge is 2.18. The average Bonchev–Trinajstić information content (AvgIpc) is 2.95. The van der Waals surface area contributed by atoms with Crippen molar-refractivity contribution in [1.29, 1.82) is 0 Å². The molecule has 2 rings (SSSR count). The fraction of sp³-hybridized carbons (Fsp3) is 0.312. The van der Waals surface area contributed by atoms with Crippen LogP contribution in [0.4, 0.5) is 0 Å². The number of nitrogens with zero attached hydrogens (tertiary/aromatic N) is 2. The summed E-state index contributed by atoms with van der Waals surface area (Å²) in [6.07, 6.45) is 1.86. The van der Waals surface area contributed by atoms with E-state index < -0.39 is 0 Å². The van der Waals surface area contributed by atoms with Crippen molar-refractivity contribution in [3.8, 4) is 0 Å². The maximum Gasteiger partial charge on any atom is 0.270 e. The number of benzene rings is 1. The minimum atomic E-state index is -0.181. The molecule has 5 heteroatoms. The number of hydrogen-bond donors (Lipinski definition) is 2. The Hall–Kier alpha value is -2.11. The molecule has 0 radical (unpaired) electrons. The van der Waals surface area contributed by atoms with Crippen LogP contribution in [0.2, 0.25) is 0 Å². The smallest absolute Gasteiger partial charge is 0.270 e. The Labute approximate surface area is 124 Å². The number of aromatic nitrogens is 1. The Balaban J connectivity index is 2.16. The van der Waals surface area contributed by atoms with Crippen LogP contribution in [0.3, 0.4) is 0 Å². The molecule has 112 valence electrons. The van der Waals surface area contributed by atoms with Gasteiger partial charge in [0.1, 0.15) is 5.69 Å². The molecular weight excluding hydrogens is 268 g/mol. The Morgan fingerprint density at radius 2 is 1.67 bits per heavy atom. The molecule has 1 amide bonds. The van der Waals surface area contributed by atoms with Crippen molar-refractivity contribution >= 4 is 5.91 Å². The second-order valence-corrected chi connectivity index (χ2v) is 4.75. The standard InChI is InChI=1S/C16H20N2O3/c19-11-9-17(10-12-20)16(21)15-7-4-8-18(15)13-14-5-2-1-3-6-14/h1-8,19-20H,9-13H2. The summed E-state index contributed by atoms with van der Waals surface area (Å²) >= 11 is 0. The van der Waals surface area contributed by atoms with Crippen molar-refractivity contribution in [2.75, 3.05) is 26.3 Å². The predicted molar refractivity (Wildman–Crippen MR) is 80.1 cm³/mol. The third-order valence-electron chi connectivity index (χ3n) is 3.27. The number of aliphatic hydroxyl groups excluding tert-OH is 2. The van der Waals surface area contributed by atoms with Gasteiger partial charge in [-0.2, -0.15) is 0 Å². The zero-order valence-electron chi connectivity index (χ0n) is 11.9. The van der Waals surface area contributed by atoms with E-state index in [2.05, 4.69) is 0 Å². The number of rotatable bonds is 7. The first kappa shape index (κ1) is 15.3. The van der Waals surface area contributed by atoms with E-state index in [0.717, 1.165) is 5.56 Å². The molecule has 0 saturated heterocycles. The van der Waals surface area contributed by atoms with Gasteiger partial charge in [0.15, 0.2) is 0 Å². The summed E-state index contributed by atoms with van der Waals surface area (Å²) in [5.41, 5.74) is 1.67. The molecule has 1 heterocycles.